The molecule has 1 fully saturated rings. The van der Waals surface area contributed by atoms with E-state index in [1.807, 2.05) is 36.4 Å². The first-order valence-corrected chi connectivity index (χ1v) is 11.9. The van der Waals surface area contributed by atoms with Crippen LogP contribution in [-0.4, -0.2) is 41.4 Å². The van der Waals surface area contributed by atoms with Gasteiger partial charge in [-0.1, -0.05) is 60.8 Å². The number of amides is 1. The summed E-state index contributed by atoms with van der Waals surface area (Å²) in [6, 6.07) is 14.6. The van der Waals surface area contributed by atoms with Gasteiger partial charge in [0.25, 0.3) is 0 Å². The third-order valence-corrected chi connectivity index (χ3v) is 6.45. The molecule has 0 aliphatic carbocycles. The number of methoxy groups -OCH3 is 1. The van der Waals surface area contributed by atoms with Crippen molar-refractivity contribution < 1.29 is 23.8 Å². The predicted molar refractivity (Wildman–Crippen MR) is 132 cm³/mol. The van der Waals surface area contributed by atoms with Gasteiger partial charge in [-0.2, -0.15) is 0 Å². The number of carbonyl (C=O) groups excluding carboxylic acids is 2. The number of thioether (sulfide) groups is 1. The molecule has 7 nitrogen and oxygen atoms in total. The summed E-state index contributed by atoms with van der Waals surface area (Å²) in [4.78, 5) is 32.1. The van der Waals surface area contributed by atoms with Gasteiger partial charge in [0.05, 0.1) is 24.4 Å². The van der Waals surface area contributed by atoms with Gasteiger partial charge in [-0.25, -0.2) is 9.79 Å². The number of aliphatic imine (C=N–C) groups is 1. The summed E-state index contributed by atoms with van der Waals surface area (Å²) < 4.78 is 16.9. The van der Waals surface area contributed by atoms with E-state index in [9.17, 15) is 9.59 Å². The predicted octanol–water partition coefficient (Wildman–Crippen LogP) is 4.65. The average Bonchev–Trinajstić information content (AvgIpc) is 2.86. The number of benzene rings is 2. The largest absolute Gasteiger partial charge is 0.493 e. The van der Waals surface area contributed by atoms with Gasteiger partial charge >= 0.3 is 5.97 Å². The molecule has 34 heavy (non-hydrogen) atoms. The number of carbonyl (C=O) groups is 2. The minimum absolute atomic E-state index is 0.0667. The first kappa shape index (κ1) is 23.6. The van der Waals surface area contributed by atoms with Gasteiger partial charge in [0, 0.05) is 12.2 Å². The number of allylic oxidation sites excluding steroid dienone is 1. The molecule has 2 aromatic rings. The minimum Gasteiger partial charge on any atom is -0.493 e. The number of rotatable bonds is 8. The van der Waals surface area contributed by atoms with Crippen LogP contribution in [0.4, 0.5) is 0 Å². The molecule has 1 saturated heterocycles. The molecular weight excluding hydrogens is 452 g/mol. The molecule has 0 N–H and O–H groups in total. The summed E-state index contributed by atoms with van der Waals surface area (Å²) in [7, 11) is 1.56. The fourth-order valence-electron chi connectivity index (χ4n) is 3.89. The van der Waals surface area contributed by atoms with E-state index in [-0.39, 0.29) is 12.5 Å². The normalized spacial score (nSPS) is 17.6. The second-order valence-electron chi connectivity index (χ2n) is 7.73. The van der Waals surface area contributed by atoms with Crippen molar-refractivity contribution in [2.45, 2.75) is 26.0 Å². The molecule has 1 atom stereocenters. The zero-order valence-electron chi connectivity index (χ0n) is 19.2. The van der Waals surface area contributed by atoms with Crippen molar-refractivity contribution in [2.24, 2.45) is 4.99 Å². The molecule has 2 aliphatic heterocycles. The first-order chi connectivity index (χ1) is 16.5. The number of ether oxygens (including phenoxy) is 3. The Labute approximate surface area is 203 Å². The zero-order valence-corrected chi connectivity index (χ0v) is 20.0. The molecule has 2 aliphatic rings. The van der Waals surface area contributed by atoms with Crippen molar-refractivity contribution in [1.82, 2.24) is 4.90 Å². The summed E-state index contributed by atoms with van der Waals surface area (Å²) >= 11 is 1.50. The van der Waals surface area contributed by atoms with Gasteiger partial charge in [-0.05, 0) is 30.2 Å². The smallest absolute Gasteiger partial charge is 0.338 e. The van der Waals surface area contributed by atoms with Gasteiger partial charge in [0.15, 0.2) is 16.7 Å². The van der Waals surface area contributed by atoms with Crippen molar-refractivity contribution in [3.8, 4) is 11.5 Å². The van der Waals surface area contributed by atoms with Crippen molar-refractivity contribution in [3.05, 3.63) is 83.6 Å². The fraction of sp³-hybridized carbons (Fsp3) is 0.269. The number of esters is 1. The lowest BCUT2D eigenvalue weighted by Crippen LogP contribution is -2.45. The molecule has 0 spiro atoms. The minimum atomic E-state index is -0.679. The Bertz CT molecular complexity index is 1160. The van der Waals surface area contributed by atoms with Gasteiger partial charge in [-0.15, -0.1) is 0 Å². The Morgan fingerprint density at radius 2 is 2.03 bits per heavy atom. The lowest BCUT2D eigenvalue weighted by Gasteiger charge is -2.39. The van der Waals surface area contributed by atoms with Crippen LogP contribution < -0.4 is 9.47 Å². The molecule has 0 bridgehead atoms. The second kappa shape index (κ2) is 10.6. The molecule has 176 valence electrons. The molecule has 0 aromatic heterocycles. The molecule has 1 amide bonds. The van der Waals surface area contributed by atoms with Gasteiger partial charge in [0.1, 0.15) is 13.2 Å². The van der Waals surface area contributed by atoms with Gasteiger partial charge < -0.3 is 14.2 Å². The van der Waals surface area contributed by atoms with Crippen molar-refractivity contribution in [1.29, 1.82) is 0 Å². The van der Waals surface area contributed by atoms with Crippen LogP contribution in [0.5, 0.6) is 11.5 Å². The Kier molecular flexibility index (Phi) is 7.37. The van der Waals surface area contributed by atoms with Crippen molar-refractivity contribution in [2.75, 3.05) is 19.5 Å². The van der Waals surface area contributed by atoms with E-state index in [0.717, 1.165) is 5.56 Å². The van der Waals surface area contributed by atoms with Gasteiger partial charge in [-0.3, -0.25) is 9.69 Å². The average molecular weight is 479 g/mol. The van der Waals surface area contributed by atoms with E-state index < -0.39 is 12.0 Å². The number of hydrogen-bond donors (Lipinski definition) is 0. The maximum Gasteiger partial charge on any atom is 0.338 e. The maximum atomic E-state index is 13.0. The monoisotopic (exact) mass is 478 g/mol. The molecule has 4 rings (SSSR count). The summed E-state index contributed by atoms with van der Waals surface area (Å²) in [5.41, 5.74) is 2.58. The molecular formula is C26H26N2O5S. The summed E-state index contributed by atoms with van der Waals surface area (Å²) in [5, 5.41) is 0.586. The zero-order chi connectivity index (χ0) is 24.1. The highest BCUT2D eigenvalue weighted by atomic mass is 32.2. The van der Waals surface area contributed by atoms with Crippen LogP contribution in [0.3, 0.4) is 0 Å². The molecule has 0 unspecified atom stereocenters. The maximum absolute atomic E-state index is 13.0. The number of fused-ring (bicyclic) bond motifs is 1. The summed E-state index contributed by atoms with van der Waals surface area (Å²) in [6.07, 6.45) is 1.87. The van der Waals surface area contributed by atoms with E-state index >= 15 is 0 Å². The van der Waals surface area contributed by atoms with Crippen LogP contribution in [0.15, 0.2) is 77.4 Å². The highest BCUT2D eigenvalue weighted by molar-refractivity contribution is 8.14. The molecule has 2 heterocycles. The van der Waals surface area contributed by atoms with Crippen molar-refractivity contribution in [3.63, 3.8) is 0 Å². The van der Waals surface area contributed by atoms with Crippen LogP contribution in [0.25, 0.3) is 0 Å². The van der Waals surface area contributed by atoms with Crippen LogP contribution in [0.1, 0.15) is 30.5 Å². The Morgan fingerprint density at radius 3 is 2.76 bits per heavy atom. The molecule has 0 saturated carbocycles. The molecule has 8 heteroatoms. The molecule has 0 radical (unpaired) electrons. The number of nitrogens with zero attached hydrogens (tertiary/aromatic N) is 2. The van der Waals surface area contributed by atoms with E-state index in [0.29, 0.717) is 52.3 Å². The first-order valence-electron chi connectivity index (χ1n) is 10.9. The lowest BCUT2D eigenvalue weighted by molar-refractivity contribution is -0.139. The van der Waals surface area contributed by atoms with Crippen LogP contribution in [0.2, 0.25) is 0 Å². The SMILES string of the molecule is C=CCOC(=O)C1=C(C)N=C2SCCC(=O)N2[C@@H]1c1ccc(OCc2ccccc2)c(OC)c1. The van der Waals surface area contributed by atoms with E-state index in [4.69, 9.17) is 14.2 Å². The Hall–Kier alpha value is -3.52. The highest BCUT2D eigenvalue weighted by Crippen LogP contribution is 2.42. The fourth-order valence-corrected chi connectivity index (χ4v) is 4.90. The standard InChI is InChI=1S/C26H26N2O5S/c1-4-13-32-25(30)23-17(2)27-26-28(22(29)12-14-34-26)24(23)19-10-11-20(21(15-19)31-3)33-16-18-8-6-5-7-9-18/h4-11,15,24H,1,12-14,16H2,2-3H3/t24-/m1/s1. The topological polar surface area (TPSA) is 77.4 Å². The van der Waals surface area contributed by atoms with Crippen LogP contribution in [-0.2, 0) is 20.9 Å². The van der Waals surface area contributed by atoms with E-state index in [1.165, 1.54) is 17.8 Å². The number of amidine groups is 1. The summed E-state index contributed by atoms with van der Waals surface area (Å²) in [5.74, 6) is 1.10. The van der Waals surface area contributed by atoms with Crippen LogP contribution >= 0.6 is 11.8 Å². The van der Waals surface area contributed by atoms with Crippen LogP contribution in [0, 0.1) is 0 Å². The highest BCUT2D eigenvalue weighted by Gasteiger charge is 2.42. The summed E-state index contributed by atoms with van der Waals surface area (Å²) in [6.45, 7) is 5.82. The molecule has 2 aromatic carbocycles. The second-order valence-corrected chi connectivity index (χ2v) is 8.79. The van der Waals surface area contributed by atoms with Crippen molar-refractivity contribution >= 4 is 28.8 Å². The lowest BCUT2D eigenvalue weighted by atomic mass is 9.94. The third-order valence-electron chi connectivity index (χ3n) is 5.50. The third kappa shape index (κ3) is 4.87. The quantitative estimate of drug-likeness (QED) is 0.406. The van der Waals surface area contributed by atoms with E-state index in [1.54, 1.807) is 31.1 Å². The van der Waals surface area contributed by atoms with E-state index in [2.05, 4.69) is 11.6 Å². The Balaban J connectivity index is 1.71. The Morgan fingerprint density at radius 1 is 1.24 bits per heavy atom. The van der Waals surface area contributed by atoms with Gasteiger partial charge in [0.2, 0.25) is 5.91 Å². The number of hydrogen-bond acceptors (Lipinski definition) is 7.